The van der Waals surface area contributed by atoms with Gasteiger partial charge in [-0.05, 0) is 12.1 Å². The zero-order valence-corrected chi connectivity index (χ0v) is 7.93. The lowest BCUT2D eigenvalue weighted by molar-refractivity contribution is -0.110. The molecule has 5 nitrogen and oxygen atoms in total. The number of pyridine rings is 1. The molecule has 76 valence electrons. The number of oxime groups is 1. The molecule has 15 heavy (non-hydrogen) atoms. The summed E-state index contributed by atoms with van der Waals surface area (Å²) < 4.78 is 0. The first-order valence-electron chi connectivity index (χ1n) is 4.40. The van der Waals surface area contributed by atoms with Gasteiger partial charge in [-0.25, -0.2) is 0 Å². The van der Waals surface area contributed by atoms with Crippen LogP contribution in [0.2, 0.25) is 0 Å². The molecule has 0 aliphatic carbocycles. The number of hydrogen-bond acceptors (Lipinski definition) is 4. The van der Waals surface area contributed by atoms with Gasteiger partial charge in [-0.3, -0.25) is 9.78 Å². The molecule has 1 aliphatic heterocycles. The molecule has 2 rings (SSSR count). The number of anilines is 1. The first-order valence-corrected chi connectivity index (χ1v) is 4.40. The fourth-order valence-corrected chi connectivity index (χ4v) is 1.22. The summed E-state index contributed by atoms with van der Waals surface area (Å²) in [5, 5.41) is 6.34. The number of carbonyl (C=O) groups is 1. The number of hydrogen-bond donors (Lipinski definition) is 1. The SMILES string of the molecule is C=CCON=C1C(=O)Nc2cccnc21. The molecule has 0 aromatic carbocycles. The van der Waals surface area contributed by atoms with Crippen molar-refractivity contribution in [2.24, 2.45) is 5.16 Å². The summed E-state index contributed by atoms with van der Waals surface area (Å²) in [6.07, 6.45) is 3.15. The van der Waals surface area contributed by atoms with Crippen LogP contribution in [0.15, 0.2) is 36.1 Å². The standard InChI is InChI=1S/C10H9N3O2/c1-2-6-15-13-9-8-7(12-10(9)14)4-3-5-11-8/h2-5H,1,6H2,(H,12,13,14). The van der Waals surface area contributed by atoms with Gasteiger partial charge in [0.15, 0.2) is 5.71 Å². The van der Waals surface area contributed by atoms with Crippen LogP contribution in [0.4, 0.5) is 5.69 Å². The minimum atomic E-state index is -0.298. The number of carbonyl (C=O) groups excluding carboxylic acids is 1. The highest BCUT2D eigenvalue weighted by molar-refractivity contribution is 6.53. The molecule has 1 N–H and O–H groups in total. The number of amides is 1. The van der Waals surface area contributed by atoms with Crippen molar-refractivity contribution in [2.45, 2.75) is 0 Å². The normalized spacial score (nSPS) is 16.0. The Labute approximate surface area is 86.5 Å². The summed E-state index contributed by atoms with van der Waals surface area (Å²) in [4.78, 5) is 20.4. The molecule has 0 saturated carbocycles. The molecule has 1 aromatic heterocycles. The van der Waals surface area contributed by atoms with E-state index in [-0.39, 0.29) is 18.2 Å². The topological polar surface area (TPSA) is 63.6 Å². The summed E-state index contributed by atoms with van der Waals surface area (Å²) in [6, 6.07) is 3.50. The Morgan fingerprint density at radius 2 is 2.53 bits per heavy atom. The van der Waals surface area contributed by atoms with Crippen molar-refractivity contribution in [3.63, 3.8) is 0 Å². The fraction of sp³-hybridized carbons (Fsp3) is 0.100. The Balaban J connectivity index is 2.29. The molecule has 0 atom stereocenters. The lowest BCUT2D eigenvalue weighted by atomic mass is 10.2. The van der Waals surface area contributed by atoms with Crippen molar-refractivity contribution in [3.05, 3.63) is 36.7 Å². The predicted octanol–water partition coefficient (Wildman–Crippen LogP) is 0.940. The van der Waals surface area contributed by atoms with E-state index in [1.54, 1.807) is 24.4 Å². The van der Waals surface area contributed by atoms with E-state index in [4.69, 9.17) is 4.84 Å². The van der Waals surface area contributed by atoms with Crippen molar-refractivity contribution in [1.82, 2.24) is 4.98 Å². The molecule has 0 saturated heterocycles. The van der Waals surface area contributed by atoms with Gasteiger partial charge >= 0.3 is 0 Å². The number of nitrogens with one attached hydrogen (secondary N) is 1. The van der Waals surface area contributed by atoms with Crippen LogP contribution in [0, 0.1) is 0 Å². The van der Waals surface area contributed by atoms with Crippen LogP contribution in [-0.2, 0) is 9.63 Å². The van der Waals surface area contributed by atoms with Gasteiger partial charge in [-0.2, -0.15) is 0 Å². The maximum atomic E-state index is 11.4. The number of rotatable bonds is 3. The van der Waals surface area contributed by atoms with Crippen LogP contribution in [0.1, 0.15) is 5.69 Å². The number of nitrogens with zero attached hydrogens (tertiary/aromatic N) is 2. The summed E-state index contributed by atoms with van der Waals surface area (Å²) >= 11 is 0. The van der Waals surface area contributed by atoms with E-state index in [0.29, 0.717) is 11.4 Å². The first kappa shape index (κ1) is 9.39. The molecule has 0 unspecified atom stereocenters. The summed E-state index contributed by atoms with van der Waals surface area (Å²) in [7, 11) is 0. The second-order valence-electron chi connectivity index (χ2n) is 2.88. The molecule has 1 aromatic rings. The Morgan fingerprint density at radius 3 is 3.33 bits per heavy atom. The van der Waals surface area contributed by atoms with Gasteiger partial charge in [-0.1, -0.05) is 17.8 Å². The highest BCUT2D eigenvalue weighted by Gasteiger charge is 2.27. The molecule has 0 bridgehead atoms. The Kier molecular flexibility index (Phi) is 2.45. The third-order valence-electron chi connectivity index (χ3n) is 1.84. The molecule has 5 heteroatoms. The summed E-state index contributed by atoms with van der Waals surface area (Å²) in [5.74, 6) is -0.298. The van der Waals surface area contributed by atoms with Gasteiger partial charge in [-0.15, -0.1) is 0 Å². The van der Waals surface area contributed by atoms with E-state index in [1.165, 1.54) is 0 Å². The van der Waals surface area contributed by atoms with Crippen LogP contribution in [-0.4, -0.2) is 23.2 Å². The molecular weight excluding hydrogens is 194 g/mol. The minimum Gasteiger partial charge on any atom is -0.391 e. The van der Waals surface area contributed by atoms with Crippen LogP contribution >= 0.6 is 0 Å². The van der Waals surface area contributed by atoms with E-state index < -0.39 is 0 Å². The number of aromatic nitrogens is 1. The van der Waals surface area contributed by atoms with Gasteiger partial charge in [0, 0.05) is 6.20 Å². The Bertz CT molecular complexity index is 440. The first-order chi connectivity index (χ1) is 7.33. The average Bonchev–Trinajstić information content (AvgIpc) is 2.56. The van der Waals surface area contributed by atoms with Gasteiger partial charge in [0.2, 0.25) is 0 Å². The zero-order chi connectivity index (χ0) is 10.7. The molecule has 0 fully saturated rings. The van der Waals surface area contributed by atoms with E-state index in [2.05, 4.69) is 22.0 Å². The van der Waals surface area contributed by atoms with Crippen LogP contribution in [0.3, 0.4) is 0 Å². The monoisotopic (exact) mass is 203 g/mol. The second-order valence-corrected chi connectivity index (χ2v) is 2.88. The van der Waals surface area contributed by atoms with E-state index in [0.717, 1.165) is 0 Å². The van der Waals surface area contributed by atoms with Crippen molar-refractivity contribution < 1.29 is 9.63 Å². The van der Waals surface area contributed by atoms with Crippen molar-refractivity contribution in [2.75, 3.05) is 11.9 Å². The van der Waals surface area contributed by atoms with Crippen LogP contribution < -0.4 is 5.32 Å². The predicted molar refractivity (Wildman–Crippen MR) is 55.6 cm³/mol. The summed E-state index contributed by atoms with van der Waals surface area (Å²) in [6.45, 7) is 3.74. The molecule has 0 spiro atoms. The lowest BCUT2D eigenvalue weighted by Crippen LogP contribution is -2.15. The Morgan fingerprint density at radius 1 is 1.67 bits per heavy atom. The highest BCUT2D eigenvalue weighted by atomic mass is 16.6. The van der Waals surface area contributed by atoms with Crippen molar-refractivity contribution in [3.8, 4) is 0 Å². The van der Waals surface area contributed by atoms with Crippen LogP contribution in [0.5, 0.6) is 0 Å². The van der Waals surface area contributed by atoms with Crippen LogP contribution in [0.25, 0.3) is 0 Å². The molecule has 2 heterocycles. The maximum absolute atomic E-state index is 11.4. The van der Waals surface area contributed by atoms with Gasteiger partial charge in [0.05, 0.1) is 5.69 Å². The van der Waals surface area contributed by atoms with E-state index in [1.807, 2.05) is 0 Å². The number of fused-ring (bicyclic) bond motifs is 1. The van der Waals surface area contributed by atoms with Crippen molar-refractivity contribution in [1.29, 1.82) is 0 Å². The molecular formula is C10H9N3O2. The Hall–Kier alpha value is -2.17. The molecule has 1 aliphatic rings. The highest BCUT2D eigenvalue weighted by Crippen LogP contribution is 2.20. The largest absolute Gasteiger partial charge is 0.391 e. The van der Waals surface area contributed by atoms with E-state index in [9.17, 15) is 4.79 Å². The van der Waals surface area contributed by atoms with E-state index >= 15 is 0 Å². The average molecular weight is 203 g/mol. The van der Waals surface area contributed by atoms with Gasteiger partial charge in [0.25, 0.3) is 5.91 Å². The minimum absolute atomic E-state index is 0.201. The van der Waals surface area contributed by atoms with Gasteiger partial charge < -0.3 is 10.2 Å². The molecule has 0 radical (unpaired) electrons. The third-order valence-corrected chi connectivity index (χ3v) is 1.84. The summed E-state index contributed by atoms with van der Waals surface area (Å²) in [5.41, 5.74) is 1.38. The lowest BCUT2D eigenvalue weighted by Gasteiger charge is -1.95. The quantitative estimate of drug-likeness (QED) is 0.451. The second kappa shape index (κ2) is 3.91. The smallest absolute Gasteiger partial charge is 0.280 e. The molecule has 1 amide bonds. The fourth-order valence-electron chi connectivity index (χ4n) is 1.22. The zero-order valence-electron chi connectivity index (χ0n) is 7.93. The van der Waals surface area contributed by atoms with Crippen molar-refractivity contribution >= 4 is 17.3 Å². The third kappa shape index (κ3) is 1.71. The van der Waals surface area contributed by atoms with Gasteiger partial charge in [0.1, 0.15) is 12.3 Å². The maximum Gasteiger partial charge on any atom is 0.280 e.